The van der Waals surface area contributed by atoms with Crippen LogP contribution in [-0.4, -0.2) is 43.5 Å². The highest BCUT2D eigenvalue weighted by molar-refractivity contribution is 6.02. The summed E-state index contributed by atoms with van der Waals surface area (Å²) in [5.74, 6) is 1.44. The third-order valence-electron chi connectivity index (χ3n) is 4.64. The molecule has 2 rings (SSSR count). The predicted molar refractivity (Wildman–Crippen MR) is 125 cm³/mol. The van der Waals surface area contributed by atoms with Gasteiger partial charge in [-0.1, -0.05) is 19.9 Å². The van der Waals surface area contributed by atoms with Crippen molar-refractivity contribution >= 4 is 23.6 Å². The van der Waals surface area contributed by atoms with E-state index in [9.17, 15) is 9.59 Å². The molecule has 0 saturated heterocycles. The second-order valence-electron chi connectivity index (χ2n) is 7.49. The van der Waals surface area contributed by atoms with E-state index >= 15 is 0 Å². The average molecular weight is 425 g/mol. The molecule has 0 heterocycles. The number of nitrogens with one attached hydrogen (secondary N) is 1. The number of nitrogens with zero attached hydrogens (tertiary/aromatic N) is 1. The van der Waals surface area contributed by atoms with Gasteiger partial charge in [-0.05, 0) is 67.8 Å². The molecular formula is C25H32N2O4. The number of carbonyl (C=O) groups excluding carboxylic acids is 2. The van der Waals surface area contributed by atoms with Gasteiger partial charge in [0.2, 0.25) is 5.91 Å². The fraction of sp³-hybridized carbons (Fsp3) is 0.360. The van der Waals surface area contributed by atoms with Crippen molar-refractivity contribution in [1.82, 2.24) is 4.90 Å². The number of hydrogen-bond acceptors (Lipinski definition) is 4. The molecule has 0 aliphatic carbocycles. The molecule has 0 spiro atoms. The first kappa shape index (κ1) is 24.0. The Morgan fingerprint density at radius 2 is 1.71 bits per heavy atom. The van der Waals surface area contributed by atoms with Crippen LogP contribution in [0.25, 0.3) is 6.08 Å². The Morgan fingerprint density at radius 1 is 1.03 bits per heavy atom. The lowest BCUT2D eigenvalue weighted by atomic mass is 10.1. The molecule has 0 unspecified atom stereocenters. The number of anilines is 1. The molecule has 0 atom stereocenters. The number of hydrogen-bond donors (Lipinski definition) is 1. The summed E-state index contributed by atoms with van der Waals surface area (Å²) < 4.78 is 11.1. The van der Waals surface area contributed by atoms with Gasteiger partial charge in [0.05, 0.1) is 13.7 Å². The molecule has 0 aliphatic heterocycles. The maximum Gasteiger partial charge on any atom is 0.253 e. The first-order chi connectivity index (χ1) is 14.9. The number of methoxy groups -OCH3 is 1. The SMILES string of the molecule is CCN(CC)C(=O)c1ccc(NC(=O)/C=C/c2ccc(OCC(C)C)c(OC)c2)cc1. The smallest absolute Gasteiger partial charge is 0.253 e. The van der Waals surface area contributed by atoms with E-state index in [0.717, 1.165) is 5.56 Å². The zero-order valence-electron chi connectivity index (χ0n) is 19.0. The molecule has 0 aliphatic rings. The Balaban J connectivity index is 2.00. The van der Waals surface area contributed by atoms with Crippen LogP contribution in [0.1, 0.15) is 43.6 Å². The Kier molecular flexibility index (Phi) is 9.13. The van der Waals surface area contributed by atoms with Gasteiger partial charge in [0.25, 0.3) is 5.91 Å². The summed E-state index contributed by atoms with van der Waals surface area (Å²) in [5.41, 5.74) is 2.05. The molecule has 2 amide bonds. The zero-order chi connectivity index (χ0) is 22.8. The van der Waals surface area contributed by atoms with Crippen molar-refractivity contribution in [3.05, 3.63) is 59.7 Å². The van der Waals surface area contributed by atoms with Gasteiger partial charge in [0.15, 0.2) is 11.5 Å². The Bertz CT molecular complexity index is 900. The second kappa shape index (κ2) is 11.8. The summed E-state index contributed by atoms with van der Waals surface area (Å²) in [6.45, 7) is 9.99. The molecule has 166 valence electrons. The minimum absolute atomic E-state index is 0.0162. The van der Waals surface area contributed by atoms with E-state index in [-0.39, 0.29) is 11.8 Å². The number of benzene rings is 2. The highest BCUT2D eigenvalue weighted by Crippen LogP contribution is 2.29. The van der Waals surface area contributed by atoms with E-state index in [2.05, 4.69) is 19.2 Å². The topological polar surface area (TPSA) is 67.9 Å². The molecule has 6 nitrogen and oxygen atoms in total. The molecule has 2 aromatic carbocycles. The van der Waals surface area contributed by atoms with Crippen LogP contribution in [0.3, 0.4) is 0 Å². The molecule has 1 N–H and O–H groups in total. The summed E-state index contributed by atoms with van der Waals surface area (Å²) in [5, 5.41) is 2.80. The highest BCUT2D eigenvalue weighted by Gasteiger charge is 2.12. The van der Waals surface area contributed by atoms with Crippen LogP contribution in [0.2, 0.25) is 0 Å². The fourth-order valence-corrected chi connectivity index (χ4v) is 2.91. The first-order valence-corrected chi connectivity index (χ1v) is 10.6. The lowest BCUT2D eigenvalue weighted by Gasteiger charge is -2.18. The lowest BCUT2D eigenvalue weighted by molar-refractivity contribution is -0.111. The molecule has 6 heteroatoms. The standard InChI is InChI=1S/C25H32N2O4/c1-6-27(7-2)25(29)20-10-12-21(13-11-20)26-24(28)15-9-19-8-14-22(23(16-19)30-5)31-17-18(3)4/h8-16,18H,6-7,17H2,1-5H3,(H,26,28)/b15-9+. The van der Waals surface area contributed by atoms with E-state index in [4.69, 9.17) is 9.47 Å². The third kappa shape index (κ3) is 7.17. The molecular weight excluding hydrogens is 392 g/mol. The number of ether oxygens (including phenoxy) is 2. The summed E-state index contributed by atoms with van der Waals surface area (Å²) in [6.07, 6.45) is 3.17. The fourth-order valence-electron chi connectivity index (χ4n) is 2.91. The van der Waals surface area contributed by atoms with Crippen molar-refractivity contribution < 1.29 is 19.1 Å². The minimum Gasteiger partial charge on any atom is -0.493 e. The van der Waals surface area contributed by atoms with Crippen LogP contribution in [0, 0.1) is 5.92 Å². The van der Waals surface area contributed by atoms with E-state index in [1.54, 1.807) is 42.4 Å². The monoisotopic (exact) mass is 424 g/mol. The average Bonchev–Trinajstić information content (AvgIpc) is 2.77. The number of carbonyl (C=O) groups is 2. The molecule has 2 aromatic rings. The predicted octanol–water partition coefficient (Wildman–Crippen LogP) is 4.86. The van der Waals surface area contributed by atoms with Crippen molar-refractivity contribution in [1.29, 1.82) is 0 Å². The maximum atomic E-state index is 12.4. The van der Waals surface area contributed by atoms with Crippen molar-refractivity contribution in [3.8, 4) is 11.5 Å². The van der Waals surface area contributed by atoms with E-state index < -0.39 is 0 Å². The van der Waals surface area contributed by atoms with Crippen LogP contribution < -0.4 is 14.8 Å². The third-order valence-corrected chi connectivity index (χ3v) is 4.64. The van der Waals surface area contributed by atoms with E-state index in [1.165, 1.54) is 6.08 Å². The highest BCUT2D eigenvalue weighted by atomic mass is 16.5. The molecule has 0 radical (unpaired) electrons. The van der Waals surface area contributed by atoms with E-state index in [1.807, 2.05) is 32.0 Å². The van der Waals surface area contributed by atoms with Gasteiger partial charge in [-0.3, -0.25) is 9.59 Å². The first-order valence-electron chi connectivity index (χ1n) is 10.6. The van der Waals surface area contributed by atoms with Crippen LogP contribution >= 0.6 is 0 Å². The normalized spacial score (nSPS) is 10.9. The Morgan fingerprint density at radius 3 is 2.29 bits per heavy atom. The van der Waals surface area contributed by atoms with Gasteiger partial charge < -0.3 is 19.7 Å². The maximum absolute atomic E-state index is 12.4. The Labute approximate surface area is 184 Å². The molecule has 31 heavy (non-hydrogen) atoms. The van der Waals surface area contributed by atoms with Crippen LogP contribution in [0.15, 0.2) is 48.5 Å². The second-order valence-corrected chi connectivity index (χ2v) is 7.49. The van der Waals surface area contributed by atoms with Gasteiger partial charge in [-0.15, -0.1) is 0 Å². The summed E-state index contributed by atoms with van der Waals surface area (Å²) in [4.78, 5) is 26.4. The van der Waals surface area contributed by atoms with Crippen LogP contribution in [-0.2, 0) is 4.79 Å². The van der Waals surface area contributed by atoms with Crippen molar-refractivity contribution in [3.63, 3.8) is 0 Å². The van der Waals surface area contributed by atoms with Gasteiger partial charge in [-0.25, -0.2) is 0 Å². The zero-order valence-corrected chi connectivity index (χ0v) is 19.0. The van der Waals surface area contributed by atoms with Crippen LogP contribution in [0.5, 0.6) is 11.5 Å². The molecule has 0 saturated carbocycles. The number of rotatable bonds is 10. The van der Waals surface area contributed by atoms with Gasteiger partial charge >= 0.3 is 0 Å². The molecule has 0 aromatic heterocycles. The lowest BCUT2D eigenvalue weighted by Crippen LogP contribution is -2.30. The largest absolute Gasteiger partial charge is 0.493 e. The van der Waals surface area contributed by atoms with Crippen molar-refractivity contribution in [2.24, 2.45) is 5.92 Å². The van der Waals surface area contributed by atoms with Crippen molar-refractivity contribution in [2.75, 3.05) is 32.1 Å². The quantitative estimate of drug-likeness (QED) is 0.553. The molecule has 0 fully saturated rings. The summed E-state index contributed by atoms with van der Waals surface area (Å²) in [7, 11) is 1.59. The number of amides is 2. The van der Waals surface area contributed by atoms with Gasteiger partial charge in [-0.2, -0.15) is 0 Å². The summed E-state index contributed by atoms with van der Waals surface area (Å²) in [6, 6.07) is 12.4. The summed E-state index contributed by atoms with van der Waals surface area (Å²) >= 11 is 0. The minimum atomic E-state index is -0.262. The van der Waals surface area contributed by atoms with Gasteiger partial charge in [0, 0.05) is 30.4 Å². The Hall–Kier alpha value is -3.28. The van der Waals surface area contributed by atoms with Crippen LogP contribution in [0.4, 0.5) is 5.69 Å². The van der Waals surface area contributed by atoms with Gasteiger partial charge in [0.1, 0.15) is 0 Å². The molecule has 0 bridgehead atoms. The van der Waals surface area contributed by atoms with Crippen molar-refractivity contribution in [2.45, 2.75) is 27.7 Å². The van der Waals surface area contributed by atoms with E-state index in [0.29, 0.717) is 48.4 Å².